The Morgan fingerprint density at radius 1 is 1.21 bits per heavy atom. The van der Waals surface area contributed by atoms with Gasteiger partial charge in [-0.1, -0.05) is 18.0 Å². The summed E-state index contributed by atoms with van der Waals surface area (Å²) in [7, 11) is 0. The van der Waals surface area contributed by atoms with Crippen molar-refractivity contribution in [1.29, 1.82) is 0 Å². The van der Waals surface area contributed by atoms with Gasteiger partial charge >= 0.3 is 0 Å². The van der Waals surface area contributed by atoms with Crippen LogP contribution < -0.4 is 15.5 Å². The largest absolute Gasteiger partial charge is 0.360 e. The number of amides is 3. The highest BCUT2D eigenvalue weighted by Crippen LogP contribution is 2.18. The maximum absolute atomic E-state index is 12.8. The maximum Gasteiger partial charge on any atom is 0.240 e. The number of carbonyl (C=O) groups is 3. The minimum absolute atomic E-state index is 0.0360. The summed E-state index contributed by atoms with van der Waals surface area (Å²) in [4.78, 5) is 42.7. The van der Waals surface area contributed by atoms with Crippen molar-refractivity contribution < 1.29 is 18.9 Å². The summed E-state index contributed by atoms with van der Waals surface area (Å²) in [5.41, 5.74) is 0.520. The molecule has 0 spiro atoms. The van der Waals surface area contributed by atoms with Crippen LogP contribution in [0.2, 0.25) is 0 Å². The van der Waals surface area contributed by atoms with E-state index in [0.29, 0.717) is 17.3 Å². The lowest BCUT2D eigenvalue weighted by molar-refractivity contribution is -0.125. The summed E-state index contributed by atoms with van der Waals surface area (Å²) in [6.45, 7) is 1.61. The molecule has 1 saturated carbocycles. The van der Waals surface area contributed by atoms with Crippen molar-refractivity contribution >= 4 is 29.2 Å². The quantitative estimate of drug-likeness (QED) is 0.703. The van der Waals surface area contributed by atoms with E-state index in [0.717, 1.165) is 25.7 Å². The molecule has 3 amide bonds. The normalized spacial score (nSPS) is 13.8. The SMILES string of the molecule is Cc1cc(NC(=O)CCC(=O)N(CC(=O)NC2CCCC2)c2cccnc2)no1. The molecule has 2 aromatic rings. The highest BCUT2D eigenvalue weighted by atomic mass is 16.5. The molecule has 0 unspecified atom stereocenters. The van der Waals surface area contributed by atoms with Crippen molar-refractivity contribution in [3.8, 4) is 0 Å². The van der Waals surface area contributed by atoms with E-state index in [1.165, 1.54) is 11.1 Å². The third kappa shape index (κ3) is 6.13. The van der Waals surface area contributed by atoms with Crippen molar-refractivity contribution in [3.05, 3.63) is 36.4 Å². The number of hydrogen-bond donors (Lipinski definition) is 2. The topological polar surface area (TPSA) is 117 Å². The molecule has 9 heteroatoms. The van der Waals surface area contributed by atoms with Crippen molar-refractivity contribution in [2.45, 2.75) is 51.5 Å². The Morgan fingerprint density at radius 2 is 2.00 bits per heavy atom. The van der Waals surface area contributed by atoms with Gasteiger partial charge in [0.05, 0.1) is 11.9 Å². The van der Waals surface area contributed by atoms with Gasteiger partial charge < -0.3 is 20.1 Å². The molecule has 0 radical (unpaired) electrons. The van der Waals surface area contributed by atoms with E-state index in [9.17, 15) is 14.4 Å². The molecule has 2 aromatic heterocycles. The second-order valence-corrected chi connectivity index (χ2v) is 7.11. The molecular weight excluding hydrogens is 374 g/mol. The summed E-state index contributed by atoms with van der Waals surface area (Å²) >= 11 is 0. The van der Waals surface area contributed by atoms with Gasteiger partial charge in [0.15, 0.2) is 5.82 Å². The lowest BCUT2D eigenvalue weighted by atomic mass is 10.2. The predicted octanol–water partition coefficient (Wildman–Crippen LogP) is 2.19. The molecule has 154 valence electrons. The summed E-state index contributed by atoms with van der Waals surface area (Å²) in [5.74, 6) is -0.0108. The first-order valence-corrected chi connectivity index (χ1v) is 9.74. The smallest absolute Gasteiger partial charge is 0.240 e. The number of nitrogens with zero attached hydrogens (tertiary/aromatic N) is 3. The van der Waals surface area contributed by atoms with Crippen molar-refractivity contribution in [1.82, 2.24) is 15.5 Å². The van der Waals surface area contributed by atoms with Crippen LogP contribution in [0.5, 0.6) is 0 Å². The Bertz CT molecular complexity index is 846. The van der Waals surface area contributed by atoms with Gasteiger partial charge in [-0.3, -0.25) is 19.4 Å². The van der Waals surface area contributed by atoms with E-state index < -0.39 is 0 Å². The molecule has 1 fully saturated rings. The maximum atomic E-state index is 12.8. The van der Waals surface area contributed by atoms with E-state index in [1.54, 1.807) is 31.3 Å². The van der Waals surface area contributed by atoms with Crippen LogP contribution in [0.4, 0.5) is 11.5 Å². The molecule has 3 rings (SSSR count). The zero-order chi connectivity index (χ0) is 20.6. The Morgan fingerprint density at radius 3 is 2.66 bits per heavy atom. The van der Waals surface area contributed by atoms with Crippen molar-refractivity contribution in [2.24, 2.45) is 0 Å². The lowest BCUT2D eigenvalue weighted by Gasteiger charge is -2.23. The molecule has 0 bridgehead atoms. The molecular formula is C20H25N5O4. The van der Waals surface area contributed by atoms with Gasteiger partial charge in [-0.15, -0.1) is 0 Å². The van der Waals surface area contributed by atoms with Crippen LogP contribution in [0.15, 0.2) is 35.1 Å². The Labute approximate surface area is 168 Å². The second-order valence-electron chi connectivity index (χ2n) is 7.11. The molecule has 2 heterocycles. The van der Waals surface area contributed by atoms with Gasteiger partial charge in [0, 0.05) is 31.1 Å². The fourth-order valence-electron chi connectivity index (χ4n) is 3.31. The summed E-state index contributed by atoms with van der Waals surface area (Å²) in [6, 6.07) is 5.18. The first kappa shape index (κ1) is 20.5. The second kappa shape index (κ2) is 9.81. The number of carbonyl (C=O) groups excluding carboxylic acids is 3. The van der Waals surface area contributed by atoms with E-state index >= 15 is 0 Å². The Balaban J connectivity index is 1.58. The number of hydrogen-bond acceptors (Lipinski definition) is 6. The zero-order valence-corrected chi connectivity index (χ0v) is 16.4. The third-order valence-electron chi connectivity index (χ3n) is 4.74. The van der Waals surface area contributed by atoms with Gasteiger partial charge in [0.2, 0.25) is 17.7 Å². The van der Waals surface area contributed by atoms with Crippen LogP contribution in [0.3, 0.4) is 0 Å². The molecule has 29 heavy (non-hydrogen) atoms. The molecule has 1 aliphatic rings. The fourth-order valence-corrected chi connectivity index (χ4v) is 3.31. The number of pyridine rings is 1. The fraction of sp³-hybridized carbons (Fsp3) is 0.450. The first-order valence-electron chi connectivity index (χ1n) is 9.74. The van der Waals surface area contributed by atoms with E-state index in [2.05, 4.69) is 20.8 Å². The third-order valence-corrected chi connectivity index (χ3v) is 4.74. The molecule has 0 saturated heterocycles. The number of aryl methyl sites for hydroxylation is 1. The molecule has 0 aliphatic heterocycles. The highest BCUT2D eigenvalue weighted by Gasteiger charge is 2.23. The monoisotopic (exact) mass is 399 g/mol. The van der Waals surface area contributed by atoms with Crippen molar-refractivity contribution in [2.75, 3.05) is 16.8 Å². The first-order chi connectivity index (χ1) is 14.0. The van der Waals surface area contributed by atoms with Gasteiger partial charge in [0.1, 0.15) is 12.3 Å². The van der Waals surface area contributed by atoms with Gasteiger partial charge in [0.25, 0.3) is 0 Å². The van der Waals surface area contributed by atoms with Crippen LogP contribution in [-0.2, 0) is 14.4 Å². The standard InChI is InChI=1S/C20H25N5O4/c1-14-11-17(24-29-14)23-18(26)8-9-20(28)25(16-7-4-10-21-12-16)13-19(27)22-15-5-2-3-6-15/h4,7,10-12,15H,2-3,5-6,8-9,13H2,1H3,(H,22,27)(H,23,24,26). The van der Waals surface area contributed by atoms with Crippen LogP contribution in [0.1, 0.15) is 44.3 Å². The van der Waals surface area contributed by atoms with Crippen LogP contribution >= 0.6 is 0 Å². The molecule has 2 N–H and O–H groups in total. The lowest BCUT2D eigenvalue weighted by Crippen LogP contribution is -2.43. The van der Waals surface area contributed by atoms with Crippen LogP contribution in [0, 0.1) is 6.92 Å². The zero-order valence-electron chi connectivity index (χ0n) is 16.4. The van der Waals surface area contributed by atoms with E-state index in [-0.39, 0.29) is 43.1 Å². The summed E-state index contributed by atoms with van der Waals surface area (Å²) in [6.07, 6.45) is 7.19. The van der Waals surface area contributed by atoms with Crippen molar-refractivity contribution in [3.63, 3.8) is 0 Å². The van der Waals surface area contributed by atoms with Gasteiger partial charge in [-0.25, -0.2) is 0 Å². The van der Waals surface area contributed by atoms with Crippen LogP contribution in [0.25, 0.3) is 0 Å². The minimum Gasteiger partial charge on any atom is -0.360 e. The molecule has 0 atom stereocenters. The molecule has 1 aliphatic carbocycles. The molecule has 0 aromatic carbocycles. The van der Waals surface area contributed by atoms with E-state index in [4.69, 9.17) is 4.52 Å². The number of rotatable bonds is 8. The number of anilines is 2. The highest BCUT2D eigenvalue weighted by molar-refractivity contribution is 6.01. The van der Waals surface area contributed by atoms with E-state index in [1.807, 2.05) is 0 Å². The summed E-state index contributed by atoms with van der Waals surface area (Å²) in [5, 5.41) is 9.25. The Kier molecular flexibility index (Phi) is 6.94. The minimum atomic E-state index is -0.354. The molecule has 9 nitrogen and oxygen atoms in total. The number of nitrogens with one attached hydrogen (secondary N) is 2. The van der Waals surface area contributed by atoms with Gasteiger partial charge in [-0.2, -0.15) is 0 Å². The summed E-state index contributed by atoms with van der Waals surface area (Å²) < 4.78 is 4.89. The number of aromatic nitrogens is 2. The van der Waals surface area contributed by atoms with Gasteiger partial charge in [-0.05, 0) is 31.9 Å². The Hall–Kier alpha value is -3.23. The predicted molar refractivity (Wildman–Crippen MR) is 106 cm³/mol. The average Bonchev–Trinajstić information content (AvgIpc) is 3.36. The van der Waals surface area contributed by atoms with Crippen LogP contribution in [-0.4, -0.2) is 40.4 Å². The average molecular weight is 399 g/mol.